The van der Waals surface area contributed by atoms with Crippen LogP contribution in [0.5, 0.6) is 0 Å². The van der Waals surface area contributed by atoms with Crippen LogP contribution in [-0.4, -0.2) is 19.9 Å². The Labute approximate surface area is 301 Å². The maximum atomic E-state index is 6.14. The van der Waals surface area contributed by atoms with E-state index in [0.717, 1.165) is 60.9 Å². The number of pyridine rings is 1. The summed E-state index contributed by atoms with van der Waals surface area (Å²) in [5.41, 5.74) is 14.0. The Bertz CT molecular complexity index is 2820. The molecule has 5 nitrogen and oxygen atoms in total. The van der Waals surface area contributed by atoms with Crippen molar-refractivity contribution in [2.45, 2.75) is 19.3 Å². The third kappa shape index (κ3) is 4.93. The number of fused-ring (bicyclic) bond motifs is 6. The summed E-state index contributed by atoms with van der Waals surface area (Å²) in [5.74, 6) is 1.82. The Morgan fingerprint density at radius 3 is 1.85 bits per heavy atom. The second kappa shape index (κ2) is 11.7. The minimum absolute atomic E-state index is 0.0601. The van der Waals surface area contributed by atoms with Crippen molar-refractivity contribution >= 4 is 21.9 Å². The summed E-state index contributed by atoms with van der Waals surface area (Å²) in [6, 6.07) is 50.8. The van der Waals surface area contributed by atoms with Crippen LogP contribution >= 0.6 is 0 Å². The number of hydrogen-bond donors (Lipinski definition) is 0. The van der Waals surface area contributed by atoms with Gasteiger partial charge in [-0.3, -0.25) is 4.98 Å². The van der Waals surface area contributed by atoms with Crippen LogP contribution < -0.4 is 0 Å². The molecule has 0 amide bonds. The highest BCUT2D eigenvalue weighted by Crippen LogP contribution is 2.49. The lowest BCUT2D eigenvalue weighted by Crippen LogP contribution is -2.14. The molecule has 0 saturated heterocycles. The normalized spacial score (nSPS) is 13.0. The van der Waals surface area contributed by atoms with E-state index in [0.29, 0.717) is 17.5 Å². The first kappa shape index (κ1) is 30.1. The van der Waals surface area contributed by atoms with E-state index in [4.69, 9.17) is 19.4 Å². The van der Waals surface area contributed by atoms with Crippen molar-refractivity contribution in [1.29, 1.82) is 0 Å². The predicted octanol–water partition coefficient (Wildman–Crippen LogP) is 11.8. The van der Waals surface area contributed by atoms with Crippen LogP contribution in [0.4, 0.5) is 0 Å². The highest BCUT2D eigenvalue weighted by atomic mass is 16.3. The zero-order valence-corrected chi connectivity index (χ0v) is 28.7. The molecule has 246 valence electrons. The number of hydrogen-bond acceptors (Lipinski definition) is 5. The maximum Gasteiger partial charge on any atom is 0.164 e. The first-order valence-electron chi connectivity index (χ1n) is 17.5. The number of para-hydroxylation sites is 1. The van der Waals surface area contributed by atoms with E-state index in [2.05, 4.69) is 91.6 Å². The number of rotatable bonds is 5. The quantitative estimate of drug-likeness (QED) is 0.183. The summed E-state index contributed by atoms with van der Waals surface area (Å²) in [6.07, 6.45) is 3.67. The Hall–Kier alpha value is -6.72. The number of nitrogens with zero attached hydrogens (tertiary/aromatic N) is 4. The monoisotopic (exact) mass is 668 g/mol. The molecule has 3 aromatic heterocycles. The van der Waals surface area contributed by atoms with E-state index in [1.165, 1.54) is 22.3 Å². The molecule has 0 fully saturated rings. The van der Waals surface area contributed by atoms with Crippen molar-refractivity contribution in [3.05, 3.63) is 169 Å². The van der Waals surface area contributed by atoms with E-state index in [-0.39, 0.29) is 5.41 Å². The summed E-state index contributed by atoms with van der Waals surface area (Å²) in [6.45, 7) is 4.63. The van der Waals surface area contributed by atoms with Crippen molar-refractivity contribution in [2.75, 3.05) is 0 Å². The van der Waals surface area contributed by atoms with Crippen LogP contribution in [0.25, 0.3) is 89.5 Å². The molecule has 52 heavy (non-hydrogen) atoms. The number of furan rings is 1. The Morgan fingerprint density at radius 1 is 0.404 bits per heavy atom. The van der Waals surface area contributed by atoms with Gasteiger partial charge in [-0.25, -0.2) is 15.0 Å². The molecule has 0 aliphatic heterocycles. The summed E-state index contributed by atoms with van der Waals surface area (Å²) in [7, 11) is 0. The summed E-state index contributed by atoms with van der Waals surface area (Å²) >= 11 is 0. The van der Waals surface area contributed by atoms with Gasteiger partial charge in [-0.15, -0.1) is 0 Å². The molecule has 0 bridgehead atoms. The van der Waals surface area contributed by atoms with Crippen molar-refractivity contribution < 1.29 is 4.42 Å². The molecule has 1 aliphatic carbocycles. The molecule has 9 aromatic rings. The fraction of sp³-hybridized carbons (Fsp3) is 0.0638. The second-order valence-corrected chi connectivity index (χ2v) is 13.9. The van der Waals surface area contributed by atoms with Gasteiger partial charge >= 0.3 is 0 Å². The zero-order chi connectivity index (χ0) is 34.8. The molecule has 3 heterocycles. The van der Waals surface area contributed by atoms with Gasteiger partial charge in [-0.05, 0) is 105 Å². The third-order valence-corrected chi connectivity index (χ3v) is 10.4. The Morgan fingerprint density at radius 2 is 1.02 bits per heavy atom. The SMILES string of the molecule is CC1(C)c2ccccc2-c2cc(-c3cc(-c4ccncc4)cc(-c4nc(-c5ccccc5)nc(-c5ccc6oc7ccccc7c6c5)n4)c3)ccc21. The highest BCUT2D eigenvalue weighted by Gasteiger charge is 2.35. The van der Waals surface area contributed by atoms with Gasteiger partial charge in [-0.1, -0.05) is 98.8 Å². The molecule has 0 radical (unpaired) electrons. The van der Waals surface area contributed by atoms with E-state index in [1.807, 2.05) is 85.2 Å². The molecule has 0 spiro atoms. The summed E-state index contributed by atoms with van der Waals surface area (Å²) in [4.78, 5) is 19.6. The van der Waals surface area contributed by atoms with Gasteiger partial charge in [-0.2, -0.15) is 0 Å². The van der Waals surface area contributed by atoms with Gasteiger partial charge < -0.3 is 4.42 Å². The lowest BCUT2D eigenvalue weighted by molar-refractivity contribution is 0.660. The highest BCUT2D eigenvalue weighted by molar-refractivity contribution is 6.06. The molecular formula is C47H32N4O. The fourth-order valence-electron chi connectivity index (χ4n) is 7.75. The smallest absolute Gasteiger partial charge is 0.164 e. The van der Waals surface area contributed by atoms with Gasteiger partial charge in [0.2, 0.25) is 0 Å². The minimum Gasteiger partial charge on any atom is -0.456 e. The number of benzene rings is 6. The molecule has 10 rings (SSSR count). The average molecular weight is 669 g/mol. The van der Waals surface area contributed by atoms with Crippen LogP contribution in [0.1, 0.15) is 25.0 Å². The summed E-state index contributed by atoms with van der Waals surface area (Å²) < 4.78 is 6.14. The number of aromatic nitrogens is 4. The topological polar surface area (TPSA) is 64.7 Å². The maximum absolute atomic E-state index is 6.14. The zero-order valence-electron chi connectivity index (χ0n) is 28.7. The first-order valence-corrected chi connectivity index (χ1v) is 17.5. The van der Waals surface area contributed by atoms with Gasteiger partial charge in [0.15, 0.2) is 17.5 Å². The molecule has 0 unspecified atom stereocenters. The molecular weight excluding hydrogens is 637 g/mol. The molecule has 0 atom stereocenters. The Balaban J connectivity index is 1.18. The van der Waals surface area contributed by atoms with Crippen molar-refractivity contribution in [1.82, 2.24) is 19.9 Å². The fourth-order valence-corrected chi connectivity index (χ4v) is 7.75. The van der Waals surface area contributed by atoms with E-state index < -0.39 is 0 Å². The lowest BCUT2D eigenvalue weighted by Gasteiger charge is -2.21. The molecule has 1 aliphatic rings. The minimum atomic E-state index is -0.0601. The van der Waals surface area contributed by atoms with E-state index in [9.17, 15) is 0 Å². The van der Waals surface area contributed by atoms with Gasteiger partial charge in [0.05, 0.1) is 0 Å². The van der Waals surface area contributed by atoms with Gasteiger partial charge in [0.25, 0.3) is 0 Å². The van der Waals surface area contributed by atoms with Gasteiger partial charge in [0, 0.05) is 45.3 Å². The van der Waals surface area contributed by atoms with E-state index in [1.54, 1.807) is 0 Å². The lowest BCUT2D eigenvalue weighted by atomic mass is 9.82. The molecule has 0 saturated carbocycles. The van der Waals surface area contributed by atoms with Crippen molar-refractivity contribution in [3.63, 3.8) is 0 Å². The first-order chi connectivity index (χ1) is 25.5. The van der Waals surface area contributed by atoms with Crippen molar-refractivity contribution in [2.24, 2.45) is 0 Å². The molecule has 6 aromatic carbocycles. The third-order valence-electron chi connectivity index (χ3n) is 10.4. The van der Waals surface area contributed by atoms with Crippen LogP contribution in [0, 0.1) is 0 Å². The van der Waals surface area contributed by atoms with Crippen LogP contribution in [0.3, 0.4) is 0 Å². The molecule has 5 heteroatoms. The van der Waals surface area contributed by atoms with Crippen LogP contribution in [0.2, 0.25) is 0 Å². The van der Waals surface area contributed by atoms with Crippen LogP contribution in [0.15, 0.2) is 162 Å². The molecule has 0 N–H and O–H groups in total. The van der Waals surface area contributed by atoms with Gasteiger partial charge in [0.1, 0.15) is 11.2 Å². The van der Waals surface area contributed by atoms with Crippen molar-refractivity contribution in [3.8, 4) is 67.5 Å². The van der Waals surface area contributed by atoms with E-state index >= 15 is 0 Å². The Kier molecular flexibility index (Phi) is 6.77. The second-order valence-electron chi connectivity index (χ2n) is 13.9. The standard InChI is InChI=1S/C47H32N4O/c1-47(2)40-14-8-6-12-36(40)38-27-31(16-18-41(38)47)34-24-33(29-20-22-48-23-21-29)25-35(26-34)46-50-44(30-10-4-3-5-11-30)49-45(51-46)32-17-19-43-39(28-32)37-13-7-9-15-42(37)52-43/h3-28H,1-2H3. The summed E-state index contributed by atoms with van der Waals surface area (Å²) in [5, 5.41) is 2.09. The average Bonchev–Trinajstić information content (AvgIpc) is 3.69. The van der Waals surface area contributed by atoms with Crippen LogP contribution in [-0.2, 0) is 5.41 Å². The predicted molar refractivity (Wildman–Crippen MR) is 210 cm³/mol. The largest absolute Gasteiger partial charge is 0.456 e.